The minimum absolute atomic E-state index is 0.0227. The Labute approximate surface area is 200 Å². The molecule has 0 fully saturated rings. The number of aliphatic carboxylic acids is 1. The number of hydrogen-bond donors (Lipinski definition) is 3. The fourth-order valence-corrected chi connectivity index (χ4v) is 4.40. The molecule has 3 rings (SSSR count). The molecule has 0 spiro atoms. The number of alkyl carbamates (subject to hydrolysis) is 1. The Morgan fingerprint density at radius 3 is 2.15 bits per heavy atom. The lowest BCUT2D eigenvalue weighted by molar-refractivity contribution is -0.138. The summed E-state index contributed by atoms with van der Waals surface area (Å²) in [4.78, 5) is 35.1. The Kier molecular flexibility index (Phi) is 9.08. The van der Waals surface area contributed by atoms with Gasteiger partial charge in [-0.1, -0.05) is 62.4 Å². The van der Waals surface area contributed by atoms with Gasteiger partial charge in [-0.25, -0.2) is 4.79 Å². The molecule has 182 valence electrons. The summed E-state index contributed by atoms with van der Waals surface area (Å²) in [5.74, 6) is -1.01. The van der Waals surface area contributed by atoms with Crippen molar-refractivity contribution >= 4 is 18.0 Å². The topological polar surface area (TPSA) is 105 Å². The maximum atomic E-state index is 12.2. The summed E-state index contributed by atoms with van der Waals surface area (Å²) in [6.07, 6.45) is 1.58. The number of ether oxygens (including phenoxy) is 1. The molecule has 7 nitrogen and oxygen atoms in total. The van der Waals surface area contributed by atoms with Crippen molar-refractivity contribution in [2.75, 3.05) is 19.7 Å². The molecule has 2 unspecified atom stereocenters. The van der Waals surface area contributed by atoms with Gasteiger partial charge in [-0.3, -0.25) is 9.59 Å². The molecule has 34 heavy (non-hydrogen) atoms. The monoisotopic (exact) mass is 466 g/mol. The number of benzene rings is 2. The molecular formula is C27H34N2O5. The van der Waals surface area contributed by atoms with Crippen LogP contribution in [0.2, 0.25) is 0 Å². The number of rotatable bonds is 12. The standard InChI is InChI=1S/C27H34N2O5/c1-18(16-25(30)31)13-15-28-26(32)19(2)8-7-14-29-27(33)34-17-24-22-11-5-3-9-20(22)21-10-4-6-12-23(21)24/h3-6,9-12,18-19,24H,7-8,13-17H2,1-2H3,(H,28,32)(H,29,33)(H,30,31). The number of hydrogen-bond acceptors (Lipinski definition) is 4. The van der Waals surface area contributed by atoms with E-state index in [9.17, 15) is 14.4 Å². The molecule has 2 atom stereocenters. The molecule has 0 saturated heterocycles. The summed E-state index contributed by atoms with van der Waals surface area (Å²) in [5, 5.41) is 14.4. The maximum absolute atomic E-state index is 12.2. The normalized spacial score (nSPS) is 13.9. The highest BCUT2D eigenvalue weighted by atomic mass is 16.5. The van der Waals surface area contributed by atoms with Crippen LogP contribution in [0.3, 0.4) is 0 Å². The highest BCUT2D eigenvalue weighted by Gasteiger charge is 2.28. The van der Waals surface area contributed by atoms with E-state index in [2.05, 4.69) is 34.9 Å². The van der Waals surface area contributed by atoms with E-state index in [1.54, 1.807) is 0 Å². The van der Waals surface area contributed by atoms with Crippen LogP contribution in [-0.4, -0.2) is 42.8 Å². The maximum Gasteiger partial charge on any atom is 0.407 e. The molecular weight excluding hydrogens is 432 g/mol. The molecule has 0 heterocycles. The molecule has 2 aromatic rings. The number of carboxylic acids is 1. The molecule has 7 heteroatoms. The van der Waals surface area contributed by atoms with E-state index in [0.29, 0.717) is 32.4 Å². The van der Waals surface area contributed by atoms with Crippen LogP contribution in [0, 0.1) is 11.8 Å². The van der Waals surface area contributed by atoms with Gasteiger partial charge in [0.05, 0.1) is 0 Å². The number of nitrogens with one attached hydrogen (secondary N) is 2. The van der Waals surface area contributed by atoms with Crippen LogP contribution >= 0.6 is 0 Å². The first kappa shape index (κ1) is 25.3. The van der Waals surface area contributed by atoms with E-state index in [4.69, 9.17) is 9.84 Å². The molecule has 2 aromatic carbocycles. The van der Waals surface area contributed by atoms with Crippen molar-refractivity contribution in [3.63, 3.8) is 0 Å². The quantitative estimate of drug-likeness (QED) is 0.398. The molecule has 0 saturated carbocycles. The van der Waals surface area contributed by atoms with Gasteiger partial charge in [-0.15, -0.1) is 0 Å². The Hall–Kier alpha value is -3.35. The van der Waals surface area contributed by atoms with Gasteiger partial charge in [0.15, 0.2) is 0 Å². The minimum atomic E-state index is -0.823. The van der Waals surface area contributed by atoms with Crippen molar-refractivity contribution in [3.8, 4) is 11.1 Å². The van der Waals surface area contributed by atoms with Crippen LogP contribution in [0.25, 0.3) is 11.1 Å². The summed E-state index contributed by atoms with van der Waals surface area (Å²) in [5.41, 5.74) is 4.73. The van der Waals surface area contributed by atoms with Gasteiger partial charge >= 0.3 is 12.1 Å². The third kappa shape index (κ3) is 6.83. The zero-order valence-corrected chi connectivity index (χ0v) is 19.9. The van der Waals surface area contributed by atoms with Crippen molar-refractivity contribution < 1.29 is 24.2 Å². The highest BCUT2D eigenvalue weighted by Crippen LogP contribution is 2.44. The Bertz CT molecular complexity index is 961. The predicted molar refractivity (Wildman–Crippen MR) is 131 cm³/mol. The van der Waals surface area contributed by atoms with Gasteiger partial charge in [0.1, 0.15) is 6.61 Å². The molecule has 1 aliphatic rings. The van der Waals surface area contributed by atoms with E-state index in [0.717, 1.165) is 0 Å². The number of carboxylic acid groups (broad SMARTS) is 1. The summed E-state index contributed by atoms with van der Waals surface area (Å²) in [7, 11) is 0. The average Bonchev–Trinajstić information content (AvgIpc) is 3.13. The van der Waals surface area contributed by atoms with E-state index < -0.39 is 12.1 Å². The first-order valence-corrected chi connectivity index (χ1v) is 11.9. The van der Waals surface area contributed by atoms with Crippen molar-refractivity contribution in [2.45, 2.75) is 45.4 Å². The number of carbonyl (C=O) groups is 3. The Morgan fingerprint density at radius 2 is 1.53 bits per heavy atom. The van der Waals surface area contributed by atoms with Crippen molar-refractivity contribution in [2.24, 2.45) is 11.8 Å². The van der Waals surface area contributed by atoms with Crippen LogP contribution in [0.5, 0.6) is 0 Å². The average molecular weight is 467 g/mol. The molecule has 0 bridgehead atoms. The second-order valence-electron chi connectivity index (χ2n) is 9.08. The lowest BCUT2D eigenvalue weighted by Gasteiger charge is -2.15. The van der Waals surface area contributed by atoms with Crippen molar-refractivity contribution in [3.05, 3.63) is 59.7 Å². The van der Waals surface area contributed by atoms with E-state index in [-0.39, 0.29) is 36.7 Å². The Balaban J connectivity index is 1.34. The lowest BCUT2D eigenvalue weighted by Crippen LogP contribution is -2.32. The lowest BCUT2D eigenvalue weighted by atomic mass is 9.98. The fraction of sp³-hybridized carbons (Fsp3) is 0.444. The molecule has 0 aliphatic heterocycles. The van der Waals surface area contributed by atoms with Crippen molar-refractivity contribution in [1.82, 2.24) is 10.6 Å². The second-order valence-corrected chi connectivity index (χ2v) is 9.08. The zero-order chi connectivity index (χ0) is 24.5. The van der Waals surface area contributed by atoms with Gasteiger partial charge in [0.25, 0.3) is 0 Å². The molecule has 3 N–H and O–H groups in total. The molecule has 1 aliphatic carbocycles. The minimum Gasteiger partial charge on any atom is -0.481 e. The van der Waals surface area contributed by atoms with Gasteiger partial charge < -0.3 is 20.5 Å². The van der Waals surface area contributed by atoms with Gasteiger partial charge in [-0.05, 0) is 47.4 Å². The summed E-state index contributed by atoms with van der Waals surface area (Å²) in [6, 6.07) is 16.4. The van der Waals surface area contributed by atoms with E-state index in [1.807, 2.05) is 38.1 Å². The molecule has 2 amide bonds. The second kappa shape index (κ2) is 12.2. The SMILES string of the molecule is CC(CCNC(=O)C(C)CCCNC(=O)OCC1c2ccccc2-c2ccccc21)CC(=O)O. The number of amides is 2. The largest absolute Gasteiger partial charge is 0.481 e. The molecule has 0 aromatic heterocycles. The van der Waals surface area contributed by atoms with Crippen LogP contribution in [0.15, 0.2) is 48.5 Å². The molecule has 0 radical (unpaired) electrons. The van der Waals surface area contributed by atoms with Crippen LogP contribution in [-0.2, 0) is 14.3 Å². The van der Waals surface area contributed by atoms with Crippen LogP contribution in [0.1, 0.15) is 56.6 Å². The predicted octanol–water partition coefficient (Wildman–Crippen LogP) is 4.56. The van der Waals surface area contributed by atoms with Crippen molar-refractivity contribution in [1.29, 1.82) is 0 Å². The summed E-state index contributed by atoms with van der Waals surface area (Å²) < 4.78 is 5.53. The first-order chi connectivity index (χ1) is 16.4. The van der Waals surface area contributed by atoms with Gasteiger partial charge in [0, 0.05) is 31.3 Å². The zero-order valence-electron chi connectivity index (χ0n) is 19.9. The summed E-state index contributed by atoms with van der Waals surface area (Å²) in [6.45, 7) is 4.89. The van der Waals surface area contributed by atoms with Gasteiger partial charge in [0.2, 0.25) is 5.91 Å². The summed E-state index contributed by atoms with van der Waals surface area (Å²) >= 11 is 0. The first-order valence-electron chi connectivity index (χ1n) is 11.9. The third-order valence-corrected chi connectivity index (χ3v) is 6.33. The van der Waals surface area contributed by atoms with Gasteiger partial charge in [-0.2, -0.15) is 0 Å². The third-order valence-electron chi connectivity index (χ3n) is 6.33. The van der Waals surface area contributed by atoms with Crippen LogP contribution in [0.4, 0.5) is 4.79 Å². The smallest absolute Gasteiger partial charge is 0.407 e. The van der Waals surface area contributed by atoms with E-state index >= 15 is 0 Å². The Morgan fingerprint density at radius 1 is 0.912 bits per heavy atom. The number of carbonyl (C=O) groups excluding carboxylic acids is 2. The fourth-order valence-electron chi connectivity index (χ4n) is 4.40. The highest BCUT2D eigenvalue weighted by molar-refractivity contribution is 5.79. The van der Waals surface area contributed by atoms with E-state index in [1.165, 1.54) is 22.3 Å². The number of fused-ring (bicyclic) bond motifs is 3. The van der Waals surface area contributed by atoms with Crippen LogP contribution < -0.4 is 10.6 Å².